The molecule has 0 saturated carbocycles. The van der Waals surface area contributed by atoms with Gasteiger partial charge in [0.05, 0.1) is 5.69 Å². The zero-order chi connectivity index (χ0) is 13.3. The Kier molecular flexibility index (Phi) is 3.76. The number of hydrogen-bond donors (Lipinski definition) is 0. The lowest BCUT2D eigenvalue weighted by atomic mass is 10.1. The van der Waals surface area contributed by atoms with E-state index in [1.807, 2.05) is 0 Å². The average molecular weight is 385 g/mol. The van der Waals surface area contributed by atoms with E-state index in [9.17, 15) is 13.2 Å². The molecule has 0 spiro atoms. The lowest BCUT2D eigenvalue weighted by Crippen LogP contribution is -2.10. The van der Waals surface area contributed by atoms with Gasteiger partial charge in [0.15, 0.2) is 3.83 Å². The molecule has 0 aliphatic rings. The Hall–Kier alpha value is -0.890. The molecule has 94 valence electrons. The highest BCUT2D eigenvalue weighted by atomic mass is 127. The molecule has 0 N–H and O–H groups in total. The predicted molar refractivity (Wildman–Crippen MR) is 70.2 cm³/mol. The van der Waals surface area contributed by atoms with Crippen LogP contribution < -0.4 is 0 Å². The Balaban J connectivity index is 2.60. The number of nitrogens with zero attached hydrogens (tertiary/aromatic N) is 2. The number of hydrogen-bond acceptors (Lipinski definition) is 2. The van der Waals surface area contributed by atoms with Gasteiger partial charge in [-0.05, 0) is 12.1 Å². The first-order chi connectivity index (χ1) is 8.38. The smallest absolute Gasteiger partial charge is 0.223 e. The largest absolute Gasteiger partial charge is 0.433 e. The maximum absolute atomic E-state index is 12.6. The molecule has 2 rings (SSSR count). The lowest BCUT2D eigenvalue weighted by molar-refractivity contribution is -0.141. The molecule has 7 heteroatoms. The minimum absolute atomic E-state index is 0.0253. The van der Waals surface area contributed by atoms with Crippen molar-refractivity contribution in [3.8, 4) is 11.3 Å². The van der Waals surface area contributed by atoms with Crippen molar-refractivity contribution < 1.29 is 13.2 Å². The van der Waals surface area contributed by atoms with E-state index in [-0.39, 0.29) is 9.53 Å². The molecule has 0 bridgehead atoms. The van der Waals surface area contributed by atoms with Gasteiger partial charge in [-0.3, -0.25) is 0 Å². The molecule has 1 heterocycles. The summed E-state index contributed by atoms with van der Waals surface area (Å²) in [6.45, 7) is 0. The summed E-state index contributed by atoms with van der Waals surface area (Å²) < 4.78 is 37.9. The fourth-order valence-electron chi connectivity index (χ4n) is 1.37. The molecule has 0 radical (unpaired) electrons. The Labute approximate surface area is 119 Å². The van der Waals surface area contributed by atoms with Crippen LogP contribution in [0, 0.1) is 3.83 Å². The molecule has 0 aliphatic carbocycles. The van der Waals surface area contributed by atoms with E-state index < -0.39 is 11.9 Å². The molecule has 2 nitrogen and oxygen atoms in total. The molecule has 0 amide bonds. The van der Waals surface area contributed by atoms with Gasteiger partial charge in [0, 0.05) is 33.2 Å². The Bertz CT molecular complexity index is 587. The predicted octanol–water partition coefficient (Wildman–Crippen LogP) is 4.42. The number of alkyl halides is 3. The third-order valence-corrected chi connectivity index (χ3v) is 2.95. The number of rotatable bonds is 1. The minimum Gasteiger partial charge on any atom is -0.223 e. The van der Waals surface area contributed by atoms with Gasteiger partial charge in [-0.15, -0.1) is 0 Å². The van der Waals surface area contributed by atoms with Crippen molar-refractivity contribution in [3.05, 3.63) is 44.9 Å². The maximum atomic E-state index is 12.6. The number of halogens is 5. The number of benzene rings is 1. The normalized spacial score (nSPS) is 11.6. The van der Waals surface area contributed by atoms with Crippen molar-refractivity contribution >= 4 is 34.2 Å². The summed E-state index contributed by atoms with van der Waals surface area (Å²) in [6, 6.07) is 7.48. The van der Waals surface area contributed by atoms with Gasteiger partial charge in [-0.1, -0.05) is 29.8 Å². The molecule has 2 aromatic rings. The third kappa shape index (κ3) is 2.92. The zero-order valence-corrected chi connectivity index (χ0v) is 11.6. The number of aromatic nitrogens is 2. The van der Waals surface area contributed by atoms with E-state index in [1.165, 1.54) is 0 Å². The van der Waals surface area contributed by atoms with Gasteiger partial charge in [0.2, 0.25) is 0 Å². The van der Waals surface area contributed by atoms with Crippen LogP contribution in [0.25, 0.3) is 11.3 Å². The van der Waals surface area contributed by atoms with Crippen molar-refractivity contribution in [2.45, 2.75) is 6.18 Å². The van der Waals surface area contributed by atoms with Gasteiger partial charge in [-0.25, -0.2) is 9.97 Å². The molecule has 18 heavy (non-hydrogen) atoms. The lowest BCUT2D eigenvalue weighted by Gasteiger charge is -2.09. The first-order valence-corrected chi connectivity index (χ1v) is 6.20. The SMILES string of the molecule is FC(F)(F)c1cc(-c2ccccc2Cl)nc(I)n1. The van der Waals surface area contributed by atoms with Gasteiger partial charge in [0.25, 0.3) is 0 Å². The minimum atomic E-state index is -4.50. The summed E-state index contributed by atoms with van der Waals surface area (Å²) in [5.74, 6) is 0. The van der Waals surface area contributed by atoms with E-state index in [0.717, 1.165) is 6.07 Å². The van der Waals surface area contributed by atoms with Crippen LogP contribution in [0.5, 0.6) is 0 Å². The third-order valence-electron chi connectivity index (χ3n) is 2.14. The zero-order valence-electron chi connectivity index (χ0n) is 8.67. The monoisotopic (exact) mass is 384 g/mol. The topological polar surface area (TPSA) is 25.8 Å². The highest BCUT2D eigenvalue weighted by Gasteiger charge is 2.33. The molecular formula is C11H5ClF3IN2. The second-order valence-corrected chi connectivity index (χ2v) is 4.76. The van der Waals surface area contributed by atoms with Crippen LogP contribution in [0.4, 0.5) is 13.2 Å². The highest BCUT2D eigenvalue weighted by Crippen LogP contribution is 2.32. The van der Waals surface area contributed by atoms with Crippen LogP contribution in [0.1, 0.15) is 5.69 Å². The van der Waals surface area contributed by atoms with Crippen LogP contribution in [0.2, 0.25) is 5.02 Å². The van der Waals surface area contributed by atoms with Gasteiger partial charge < -0.3 is 0 Å². The highest BCUT2D eigenvalue weighted by molar-refractivity contribution is 14.1. The van der Waals surface area contributed by atoms with Crippen LogP contribution in [-0.4, -0.2) is 9.97 Å². The van der Waals surface area contributed by atoms with Gasteiger partial charge in [0.1, 0.15) is 5.69 Å². The first kappa shape index (κ1) is 13.5. The van der Waals surface area contributed by atoms with Crippen molar-refractivity contribution in [2.24, 2.45) is 0 Å². The molecule has 0 fully saturated rings. The van der Waals surface area contributed by atoms with Crippen LogP contribution in [0.15, 0.2) is 30.3 Å². The van der Waals surface area contributed by atoms with Gasteiger partial charge >= 0.3 is 6.18 Å². The Morgan fingerprint density at radius 3 is 2.39 bits per heavy atom. The molecule has 0 unspecified atom stereocenters. The van der Waals surface area contributed by atoms with Crippen molar-refractivity contribution in [1.29, 1.82) is 0 Å². The van der Waals surface area contributed by atoms with E-state index in [4.69, 9.17) is 11.6 Å². The first-order valence-electron chi connectivity index (χ1n) is 4.74. The van der Waals surface area contributed by atoms with E-state index in [1.54, 1.807) is 46.9 Å². The van der Waals surface area contributed by atoms with Crippen LogP contribution in [-0.2, 0) is 6.18 Å². The standard InChI is InChI=1S/C11H5ClF3IN2/c12-7-4-2-1-3-6(7)8-5-9(11(13,14)15)18-10(16)17-8/h1-5H. The second-order valence-electron chi connectivity index (χ2n) is 3.39. The molecule has 1 aromatic heterocycles. The quantitative estimate of drug-likeness (QED) is 0.537. The molecule has 0 aliphatic heterocycles. The second kappa shape index (κ2) is 5.00. The van der Waals surface area contributed by atoms with Crippen LogP contribution in [0.3, 0.4) is 0 Å². The molecule has 1 aromatic carbocycles. The summed E-state index contributed by atoms with van der Waals surface area (Å²) in [4.78, 5) is 7.34. The Morgan fingerprint density at radius 1 is 1.11 bits per heavy atom. The fraction of sp³-hybridized carbons (Fsp3) is 0.0909. The average Bonchev–Trinajstić information content (AvgIpc) is 2.27. The van der Waals surface area contributed by atoms with Crippen LogP contribution >= 0.6 is 34.2 Å². The van der Waals surface area contributed by atoms with E-state index in [2.05, 4.69) is 9.97 Å². The fourth-order valence-corrected chi connectivity index (χ4v) is 2.12. The van der Waals surface area contributed by atoms with Crippen molar-refractivity contribution in [3.63, 3.8) is 0 Å². The maximum Gasteiger partial charge on any atom is 0.433 e. The van der Waals surface area contributed by atoms with Gasteiger partial charge in [-0.2, -0.15) is 13.2 Å². The van der Waals surface area contributed by atoms with E-state index in [0.29, 0.717) is 10.6 Å². The summed E-state index contributed by atoms with van der Waals surface area (Å²) in [7, 11) is 0. The molecular weight excluding hydrogens is 379 g/mol. The van der Waals surface area contributed by atoms with Crippen molar-refractivity contribution in [2.75, 3.05) is 0 Å². The summed E-state index contributed by atoms with van der Waals surface area (Å²) in [6.07, 6.45) is -4.50. The summed E-state index contributed by atoms with van der Waals surface area (Å²) in [5.41, 5.74) is -0.367. The van der Waals surface area contributed by atoms with E-state index >= 15 is 0 Å². The van der Waals surface area contributed by atoms with Crippen molar-refractivity contribution in [1.82, 2.24) is 9.97 Å². The Morgan fingerprint density at radius 2 is 1.78 bits per heavy atom. The molecule has 0 saturated heterocycles. The summed E-state index contributed by atoms with van der Waals surface area (Å²) >= 11 is 7.58. The molecule has 0 atom stereocenters. The summed E-state index contributed by atoms with van der Waals surface area (Å²) in [5, 5.41) is 0.347.